The second kappa shape index (κ2) is 12.0. The number of aromatic nitrogens is 4. The first-order valence-electron chi connectivity index (χ1n) is 12.9. The minimum absolute atomic E-state index is 0.308. The summed E-state index contributed by atoms with van der Waals surface area (Å²) in [5.74, 6) is 1.54. The van der Waals surface area contributed by atoms with E-state index in [1.807, 2.05) is 77.8 Å². The molecule has 0 bridgehead atoms. The zero-order valence-corrected chi connectivity index (χ0v) is 24.2. The van der Waals surface area contributed by atoms with Crippen LogP contribution < -0.4 is 25.2 Å². The van der Waals surface area contributed by atoms with Crippen LogP contribution in [0.3, 0.4) is 0 Å². The van der Waals surface area contributed by atoms with Gasteiger partial charge >= 0.3 is 0 Å². The molecule has 11 nitrogen and oxygen atoms in total. The fourth-order valence-electron chi connectivity index (χ4n) is 4.41. The quantitative estimate of drug-likeness (QED) is 0.272. The number of nitrogens with zero attached hydrogens (tertiary/aromatic N) is 7. The van der Waals surface area contributed by atoms with Gasteiger partial charge in [0.15, 0.2) is 5.82 Å². The Kier molecular flexibility index (Phi) is 8.54. The fourth-order valence-corrected chi connectivity index (χ4v) is 4.41. The highest BCUT2D eigenvalue weighted by molar-refractivity contribution is 6.02. The number of benzene rings is 1. The predicted molar refractivity (Wildman–Crippen MR) is 163 cm³/mol. The van der Waals surface area contributed by atoms with Crippen molar-refractivity contribution >= 4 is 45.6 Å². The van der Waals surface area contributed by atoms with Gasteiger partial charge in [-0.3, -0.25) is 4.79 Å². The van der Waals surface area contributed by atoms with E-state index >= 15 is 0 Å². The van der Waals surface area contributed by atoms with Crippen LogP contribution in [0.25, 0.3) is 22.2 Å². The number of rotatable bonds is 11. The Morgan fingerprint density at radius 2 is 1.88 bits per heavy atom. The molecule has 1 amide bonds. The number of fused-ring (bicyclic) bond motifs is 1. The van der Waals surface area contributed by atoms with Crippen molar-refractivity contribution in [3.8, 4) is 17.0 Å². The zero-order valence-electron chi connectivity index (χ0n) is 24.2. The van der Waals surface area contributed by atoms with Gasteiger partial charge in [-0.1, -0.05) is 6.58 Å². The Labute approximate surface area is 235 Å². The molecule has 40 heavy (non-hydrogen) atoms. The summed E-state index contributed by atoms with van der Waals surface area (Å²) in [6.45, 7) is 5.18. The maximum absolute atomic E-state index is 12.3. The van der Waals surface area contributed by atoms with Gasteiger partial charge in [0, 0.05) is 76.9 Å². The summed E-state index contributed by atoms with van der Waals surface area (Å²) in [6, 6.07) is 7.63. The number of nitrogens with one attached hydrogen (secondary N) is 2. The SMILES string of the molecule is C=CC(=O)Nc1cc(Nc2nccc(-c3cnc(N(C)C)c4c3ccn4C)n2)c(OC)cc1N(C)CCN(C)C. The molecule has 0 saturated carbocycles. The summed E-state index contributed by atoms with van der Waals surface area (Å²) in [5.41, 5.74) is 4.68. The minimum Gasteiger partial charge on any atom is -0.494 e. The predicted octanol–water partition coefficient (Wildman–Crippen LogP) is 3.97. The number of methoxy groups -OCH3 is 1. The van der Waals surface area contributed by atoms with Crippen molar-refractivity contribution in [2.75, 3.05) is 75.9 Å². The number of amides is 1. The molecule has 210 valence electrons. The minimum atomic E-state index is -0.308. The van der Waals surface area contributed by atoms with Gasteiger partial charge < -0.3 is 34.6 Å². The summed E-state index contributed by atoms with van der Waals surface area (Å²) >= 11 is 0. The summed E-state index contributed by atoms with van der Waals surface area (Å²) in [7, 11) is 13.6. The molecule has 0 unspecified atom stereocenters. The lowest BCUT2D eigenvalue weighted by molar-refractivity contribution is -0.111. The maximum atomic E-state index is 12.3. The van der Waals surface area contributed by atoms with Crippen LogP contribution >= 0.6 is 0 Å². The van der Waals surface area contributed by atoms with E-state index in [1.54, 1.807) is 13.3 Å². The third kappa shape index (κ3) is 5.99. The van der Waals surface area contributed by atoms with Gasteiger partial charge in [-0.2, -0.15) is 0 Å². The average Bonchev–Trinajstić information content (AvgIpc) is 3.32. The van der Waals surface area contributed by atoms with Gasteiger partial charge in [0.2, 0.25) is 11.9 Å². The van der Waals surface area contributed by atoms with Crippen LogP contribution in [0.4, 0.5) is 28.8 Å². The molecule has 3 aromatic heterocycles. The van der Waals surface area contributed by atoms with Gasteiger partial charge in [-0.05, 0) is 38.4 Å². The normalized spacial score (nSPS) is 11.0. The molecule has 4 rings (SSSR count). The average molecular weight is 544 g/mol. The summed E-state index contributed by atoms with van der Waals surface area (Å²) in [4.78, 5) is 32.4. The van der Waals surface area contributed by atoms with Crippen LogP contribution in [0.2, 0.25) is 0 Å². The number of aryl methyl sites for hydroxylation is 1. The Balaban J connectivity index is 1.73. The number of likely N-dealkylation sites (N-methyl/N-ethyl adjacent to an activating group) is 2. The largest absolute Gasteiger partial charge is 0.494 e. The van der Waals surface area contributed by atoms with Gasteiger partial charge in [-0.25, -0.2) is 15.0 Å². The third-order valence-electron chi connectivity index (χ3n) is 6.55. The lowest BCUT2D eigenvalue weighted by atomic mass is 10.1. The second-order valence-corrected chi connectivity index (χ2v) is 9.96. The lowest BCUT2D eigenvalue weighted by Crippen LogP contribution is -2.29. The first-order chi connectivity index (χ1) is 19.1. The highest BCUT2D eigenvalue weighted by atomic mass is 16.5. The van der Waals surface area contributed by atoms with Crippen LogP contribution in [-0.2, 0) is 11.8 Å². The second-order valence-electron chi connectivity index (χ2n) is 9.96. The van der Waals surface area contributed by atoms with Gasteiger partial charge in [0.1, 0.15) is 5.75 Å². The van der Waals surface area contributed by atoms with Gasteiger partial charge in [0.05, 0.1) is 35.4 Å². The molecule has 11 heteroatoms. The van der Waals surface area contributed by atoms with Crippen LogP contribution in [0.5, 0.6) is 5.75 Å². The maximum Gasteiger partial charge on any atom is 0.247 e. The molecular weight excluding hydrogens is 506 g/mol. The fraction of sp³-hybridized carbons (Fsp3) is 0.310. The van der Waals surface area contributed by atoms with Crippen molar-refractivity contribution < 1.29 is 9.53 Å². The molecular formula is C29H37N9O2. The molecule has 0 spiro atoms. The molecule has 0 atom stereocenters. The molecule has 3 heterocycles. The van der Waals surface area contributed by atoms with Gasteiger partial charge in [-0.15, -0.1) is 0 Å². The highest BCUT2D eigenvalue weighted by Gasteiger charge is 2.18. The van der Waals surface area contributed by atoms with Crippen LogP contribution in [0.1, 0.15) is 0 Å². The van der Waals surface area contributed by atoms with E-state index in [9.17, 15) is 4.79 Å². The molecule has 1 aromatic carbocycles. The number of carbonyl (C=O) groups excluding carboxylic acids is 1. The number of pyridine rings is 1. The van der Waals surface area contributed by atoms with Crippen molar-refractivity contribution in [1.82, 2.24) is 24.4 Å². The zero-order chi connectivity index (χ0) is 29.0. The van der Waals surface area contributed by atoms with E-state index in [0.29, 0.717) is 23.1 Å². The summed E-state index contributed by atoms with van der Waals surface area (Å²) < 4.78 is 7.78. The Morgan fingerprint density at radius 3 is 2.55 bits per heavy atom. The summed E-state index contributed by atoms with van der Waals surface area (Å²) in [5, 5.41) is 7.24. The van der Waals surface area contributed by atoms with E-state index in [-0.39, 0.29) is 5.91 Å². The van der Waals surface area contributed by atoms with Crippen molar-refractivity contribution in [3.63, 3.8) is 0 Å². The summed E-state index contributed by atoms with van der Waals surface area (Å²) in [6.07, 6.45) is 6.80. The van der Waals surface area contributed by atoms with Crippen LogP contribution in [0.15, 0.2) is 55.5 Å². The molecule has 0 radical (unpaired) electrons. The number of carbonyl (C=O) groups is 1. The standard InChI is InChI=1S/C29H37N9O2/c1-9-26(39)32-22-16-23(25(40-8)17-24(22)37(6)15-14-35(2)3)34-29-30-12-10-21(33-29)20-18-31-28(36(4)5)27-19(20)11-13-38(27)7/h9-13,16-18H,1,14-15H2,2-8H3,(H,32,39)(H,30,33,34). The highest BCUT2D eigenvalue weighted by Crippen LogP contribution is 2.38. The Hall–Kier alpha value is -4.64. The van der Waals surface area contributed by atoms with Crippen molar-refractivity contribution in [2.45, 2.75) is 0 Å². The van der Waals surface area contributed by atoms with E-state index in [0.717, 1.165) is 46.8 Å². The lowest BCUT2D eigenvalue weighted by Gasteiger charge is -2.26. The number of hydrogen-bond acceptors (Lipinski definition) is 9. The number of hydrogen-bond donors (Lipinski definition) is 2. The molecule has 0 aliphatic carbocycles. The smallest absolute Gasteiger partial charge is 0.247 e. The molecule has 0 fully saturated rings. The van der Waals surface area contributed by atoms with Crippen molar-refractivity contribution in [3.05, 3.63) is 55.5 Å². The van der Waals surface area contributed by atoms with Crippen molar-refractivity contribution in [2.24, 2.45) is 7.05 Å². The molecule has 0 saturated heterocycles. The van der Waals surface area contributed by atoms with Crippen molar-refractivity contribution in [1.29, 1.82) is 0 Å². The number of anilines is 5. The Bertz CT molecular complexity index is 1530. The first-order valence-corrected chi connectivity index (χ1v) is 12.9. The molecule has 0 aliphatic heterocycles. The van der Waals surface area contributed by atoms with E-state index < -0.39 is 0 Å². The first kappa shape index (κ1) is 28.4. The monoisotopic (exact) mass is 543 g/mol. The van der Waals surface area contributed by atoms with Crippen LogP contribution in [-0.4, -0.2) is 85.8 Å². The molecule has 4 aromatic rings. The van der Waals surface area contributed by atoms with Gasteiger partial charge in [0.25, 0.3) is 0 Å². The van der Waals surface area contributed by atoms with E-state index in [4.69, 9.17) is 14.7 Å². The van der Waals surface area contributed by atoms with E-state index in [2.05, 4.69) is 42.6 Å². The molecule has 0 aliphatic rings. The van der Waals surface area contributed by atoms with Crippen LogP contribution in [0, 0.1) is 0 Å². The Morgan fingerprint density at radius 1 is 1.10 bits per heavy atom. The molecule has 2 N–H and O–H groups in total. The topological polar surface area (TPSA) is 104 Å². The van der Waals surface area contributed by atoms with E-state index in [1.165, 1.54) is 6.08 Å². The number of ether oxygens (including phenoxy) is 1. The third-order valence-corrected chi connectivity index (χ3v) is 6.55.